The number of rotatable bonds is 6. The van der Waals surface area contributed by atoms with Gasteiger partial charge >= 0.3 is 6.18 Å². The van der Waals surface area contributed by atoms with Gasteiger partial charge in [-0.3, -0.25) is 9.20 Å². The van der Waals surface area contributed by atoms with Crippen molar-refractivity contribution < 1.29 is 26.4 Å². The minimum atomic E-state index is -4.69. The van der Waals surface area contributed by atoms with Gasteiger partial charge in [0, 0.05) is 45.5 Å². The first-order valence-electron chi connectivity index (χ1n) is 12.5. The number of carbonyl (C=O) groups is 1. The normalized spacial score (nSPS) is 20.0. The Morgan fingerprint density at radius 1 is 1.20 bits per heavy atom. The number of aromatic nitrogens is 4. The third kappa shape index (κ3) is 4.78. The molecule has 0 atom stereocenters. The molecule has 2 saturated heterocycles. The van der Waals surface area contributed by atoms with Gasteiger partial charge in [0.1, 0.15) is 10.4 Å². The van der Waals surface area contributed by atoms with Crippen molar-refractivity contribution in [3.63, 3.8) is 0 Å². The second kappa shape index (κ2) is 9.36. The quantitative estimate of drug-likeness (QED) is 0.448. The number of nitrogens with zero attached hydrogens (tertiary/aromatic N) is 8. The van der Waals surface area contributed by atoms with Gasteiger partial charge in [0.2, 0.25) is 20.9 Å². The highest BCUT2D eigenvalue weighted by molar-refractivity contribution is 7.89. The molecule has 0 aromatic carbocycles. The van der Waals surface area contributed by atoms with Crippen molar-refractivity contribution in [1.82, 2.24) is 34.1 Å². The second-order valence-corrected chi connectivity index (χ2v) is 13.0. The summed E-state index contributed by atoms with van der Waals surface area (Å²) >= 11 is 0.305. The highest BCUT2D eigenvalue weighted by Crippen LogP contribution is 2.38. The van der Waals surface area contributed by atoms with Crippen LogP contribution >= 0.6 is 11.3 Å². The number of hydrogen-bond donors (Lipinski definition) is 1. The van der Waals surface area contributed by atoms with Crippen LogP contribution in [0.25, 0.3) is 16.3 Å². The van der Waals surface area contributed by atoms with E-state index in [1.807, 2.05) is 18.0 Å². The van der Waals surface area contributed by atoms with Gasteiger partial charge < -0.3 is 14.7 Å². The Kier molecular flexibility index (Phi) is 6.29. The highest BCUT2D eigenvalue weighted by atomic mass is 32.2. The van der Waals surface area contributed by atoms with E-state index in [1.165, 1.54) is 22.9 Å². The van der Waals surface area contributed by atoms with Crippen molar-refractivity contribution in [3.8, 4) is 16.9 Å². The summed E-state index contributed by atoms with van der Waals surface area (Å²) in [6.07, 6.45) is -1.21. The van der Waals surface area contributed by atoms with Crippen molar-refractivity contribution in [1.29, 1.82) is 5.26 Å². The molecule has 3 aliphatic rings. The molecule has 40 heavy (non-hydrogen) atoms. The maximum Gasteiger partial charge on any atom is 0.445 e. The van der Waals surface area contributed by atoms with Crippen LogP contribution in [0.15, 0.2) is 23.4 Å². The molecule has 5 heterocycles. The molecule has 0 spiro atoms. The summed E-state index contributed by atoms with van der Waals surface area (Å²) in [7, 11) is -2.23. The van der Waals surface area contributed by atoms with E-state index in [2.05, 4.69) is 24.8 Å². The first-order valence-corrected chi connectivity index (χ1v) is 14.8. The minimum absolute atomic E-state index is 0.00522. The molecular formula is C23H24F3N9O3S2. The zero-order chi connectivity index (χ0) is 28.4. The van der Waals surface area contributed by atoms with Crippen LogP contribution in [0.4, 0.5) is 18.9 Å². The van der Waals surface area contributed by atoms with E-state index in [1.54, 1.807) is 4.90 Å². The van der Waals surface area contributed by atoms with E-state index >= 15 is 0 Å². The Bertz CT molecular complexity index is 1630. The molecule has 1 saturated carbocycles. The molecule has 1 N–H and O–H groups in total. The fraction of sp³-hybridized carbons (Fsp3) is 0.522. The SMILES string of the molecule is CN1CC(C(=O)N2CCN(c3cc(S(=O)(=O)NC4(C#N)CC4)cn4c(-c5nnc(C(F)(F)F)s5)ncc34)CC2)C1. The average Bonchev–Trinajstić information content (AvgIpc) is 3.27. The van der Waals surface area contributed by atoms with Gasteiger partial charge in [-0.05, 0) is 26.0 Å². The average molecular weight is 596 g/mol. The maximum absolute atomic E-state index is 13.4. The molecule has 0 bridgehead atoms. The molecule has 212 valence electrons. The number of piperazine rings is 1. The summed E-state index contributed by atoms with van der Waals surface area (Å²) in [5.41, 5.74) is -0.229. The van der Waals surface area contributed by atoms with Gasteiger partial charge in [0.05, 0.1) is 29.4 Å². The van der Waals surface area contributed by atoms with Gasteiger partial charge in [0.25, 0.3) is 0 Å². The Labute approximate surface area is 231 Å². The van der Waals surface area contributed by atoms with Gasteiger partial charge in [-0.15, -0.1) is 10.2 Å². The monoisotopic (exact) mass is 595 g/mol. The Hall–Kier alpha value is -3.33. The summed E-state index contributed by atoms with van der Waals surface area (Å²) in [5, 5.41) is 15.0. The van der Waals surface area contributed by atoms with Crippen LogP contribution in [-0.4, -0.2) is 95.6 Å². The number of sulfonamides is 1. The number of carbonyl (C=O) groups excluding carboxylic acids is 1. The Balaban J connectivity index is 1.36. The zero-order valence-corrected chi connectivity index (χ0v) is 22.9. The lowest BCUT2D eigenvalue weighted by Gasteiger charge is -2.42. The standard InChI is InChI=1S/C23H24F3N9O3S2/c1-32-10-14(11-32)20(36)34-6-4-33(5-7-34)16-8-15(40(37,38)31-22(13-27)2-3-22)12-35-17(16)9-28-18(35)19-29-30-21(39-19)23(24,25)26/h8-9,12,14,31H,2-7,10-11H2,1H3. The Morgan fingerprint density at radius 3 is 2.48 bits per heavy atom. The summed E-state index contributed by atoms with van der Waals surface area (Å²) in [6.45, 7) is 3.14. The molecule has 1 amide bonds. The molecule has 1 aliphatic carbocycles. The van der Waals surface area contributed by atoms with Crippen LogP contribution in [0.2, 0.25) is 0 Å². The number of fused-ring (bicyclic) bond motifs is 1. The molecule has 3 aromatic heterocycles. The fourth-order valence-electron chi connectivity index (χ4n) is 5.00. The number of nitriles is 1. The first kappa shape index (κ1) is 26.9. The van der Waals surface area contributed by atoms with Crippen molar-refractivity contribution >= 4 is 38.5 Å². The molecule has 6 rings (SSSR count). The molecule has 12 nitrogen and oxygen atoms in total. The Morgan fingerprint density at radius 2 is 1.90 bits per heavy atom. The van der Waals surface area contributed by atoms with Crippen LogP contribution in [-0.2, 0) is 21.0 Å². The number of halogens is 3. The van der Waals surface area contributed by atoms with Crippen LogP contribution in [0.1, 0.15) is 17.8 Å². The predicted octanol–water partition coefficient (Wildman–Crippen LogP) is 1.42. The highest BCUT2D eigenvalue weighted by Gasteiger charge is 2.47. The maximum atomic E-state index is 13.4. The molecule has 3 fully saturated rings. The van der Waals surface area contributed by atoms with E-state index in [0.717, 1.165) is 13.1 Å². The zero-order valence-electron chi connectivity index (χ0n) is 21.2. The molecule has 17 heteroatoms. The van der Waals surface area contributed by atoms with Gasteiger partial charge in [-0.1, -0.05) is 11.3 Å². The number of imidazole rings is 1. The van der Waals surface area contributed by atoms with Crippen LogP contribution in [0.5, 0.6) is 0 Å². The van der Waals surface area contributed by atoms with E-state index in [4.69, 9.17) is 0 Å². The number of pyridine rings is 1. The second-order valence-electron chi connectivity index (χ2n) is 10.3. The van der Waals surface area contributed by atoms with E-state index in [9.17, 15) is 31.6 Å². The molecule has 0 radical (unpaired) electrons. The van der Waals surface area contributed by atoms with Gasteiger partial charge in [-0.25, -0.2) is 13.4 Å². The topological polar surface area (TPSA) is 140 Å². The van der Waals surface area contributed by atoms with Crippen molar-refractivity contribution in [2.24, 2.45) is 5.92 Å². The third-order valence-corrected chi connectivity index (χ3v) is 9.87. The number of amides is 1. The summed E-state index contributed by atoms with van der Waals surface area (Å²) in [4.78, 5) is 22.7. The van der Waals surface area contributed by atoms with Crippen molar-refractivity contribution in [3.05, 3.63) is 23.5 Å². The van der Waals surface area contributed by atoms with Gasteiger partial charge in [0.15, 0.2) is 10.8 Å². The van der Waals surface area contributed by atoms with Crippen LogP contribution in [0, 0.1) is 17.2 Å². The molecule has 2 aliphatic heterocycles. The van der Waals surface area contributed by atoms with Crippen molar-refractivity contribution in [2.45, 2.75) is 29.5 Å². The smallest absolute Gasteiger partial charge is 0.366 e. The van der Waals surface area contributed by atoms with E-state index in [-0.39, 0.29) is 27.6 Å². The molecular weight excluding hydrogens is 571 g/mol. The fourth-order valence-corrected chi connectivity index (χ4v) is 7.10. The predicted molar refractivity (Wildman–Crippen MR) is 137 cm³/mol. The number of alkyl halides is 3. The van der Waals surface area contributed by atoms with Crippen LogP contribution < -0.4 is 9.62 Å². The van der Waals surface area contributed by atoms with Gasteiger partial charge in [-0.2, -0.15) is 23.2 Å². The number of nitrogens with one attached hydrogen (secondary N) is 1. The first-order chi connectivity index (χ1) is 18.9. The minimum Gasteiger partial charge on any atom is -0.366 e. The van der Waals surface area contributed by atoms with Crippen molar-refractivity contribution in [2.75, 3.05) is 51.2 Å². The van der Waals surface area contributed by atoms with E-state index in [0.29, 0.717) is 61.6 Å². The number of anilines is 1. The summed E-state index contributed by atoms with van der Waals surface area (Å²) in [5.74, 6) is 0.0761. The molecule has 0 unspecified atom stereocenters. The number of likely N-dealkylation sites (tertiary alicyclic amines) is 1. The summed E-state index contributed by atoms with van der Waals surface area (Å²) < 4.78 is 70.2. The largest absolute Gasteiger partial charge is 0.445 e. The summed E-state index contributed by atoms with van der Waals surface area (Å²) in [6, 6.07) is 3.46. The van der Waals surface area contributed by atoms with E-state index < -0.39 is 26.7 Å². The lowest BCUT2D eigenvalue weighted by atomic mass is 9.99. The number of hydrogen-bond acceptors (Lipinski definition) is 10. The van der Waals surface area contributed by atoms with Crippen LogP contribution in [0.3, 0.4) is 0 Å². The molecule has 3 aromatic rings. The lowest BCUT2D eigenvalue weighted by molar-refractivity contribution is -0.140. The third-order valence-electron chi connectivity index (χ3n) is 7.40. The lowest BCUT2D eigenvalue weighted by Crippen LogP contribution is -2.57.